The molecule has 0 N–H and O–H groups in total. The van der Waals surface area contributed by atoms with Gasteiger partial charge in [0.05, 0.1) is 5.71 Å². The molecular formula is C36H24N2. The van der Waals surface area contributed by atoms with E-state index in [4.69, 9.17) is 9.98 Å². The molecule has 1 aliphatic heterocycles. The largest absolute Gasteiger partial charge is 0.227 e. The summed E-state index contributed by atoms with van der Waals surface area (Å²) in [6.07, 6.45) is 0. The number of rotatable bonds is 3. The highest BCUT2D eigenvalue weighted by molar-refractivity contribution is 6.27. The third-order valence-corrected chi connectivity index (χ3v) is 7.19. The smallest absolute Gasteiger partial charge is 0.161 e. The average molecular weight is 485 g/mol. The third-order valence-electron chi connectivity index (χ3n) is 7.19. The van der Waals surface area contributed by atoms with Gasteiger partial charge < -0.3 is 0 Å². The highest BCUT2D eigenvalue weighted by Crippen LogP contribution is 2.36. The minimum atomic E-state index is 0.687. The van der Waals surface area contributed by atoms with Crippen LogP contribution in [0.4, 0.5) is 0 Å². The first kappa shape index (κ1) is 22.2. The van der Waals surface area contributed by atoms with Crippen LogP contribution in [0.5, 0.6) is 0 Å². The second-order valence-corrected chi connectivity index (χ2v) is 9.58. The first-order valence-corrected chi connectivity index (χ1v) is 12.9. The van der Waals surface area contributed by atoms with Crippen LogP contribution in [-0.2, 0) is 0 Å². The van der Waals surface area contributed by atoms with E-state index < -0.39 is 0 Å². The van der Waals surface area contributed by atoms with E-state index in [0.29, 0.717) is 5.84 Å². The number of hydrogen-bond donors (Lipinski definition) is 0. The topological polar surface area (TPSA) is 24.7 Å². The second kappa shape index (κ2) is 9.12. The first-order valence-electron chi connectivity index (χ1n) is 12.9. The molecular weight excluding hydrogens is 460 g/mol. The molecule has 0 atom stereocenters. The van der Waals surface area contributed by atoms with Gasteiger partial charge in [-0.25, -0.2) is 9.98 Å². The Morgan fingerprint density at radius 1 is 0.447 bits per heavy atom. The maximum absolute atomic E-state index is 5.17. The number of allylic oxidation sites excluding steroid dienone is 1. The van der Waals surface area contributed by atoms with Crippen molar-refractivity contribution < 1.29 is 0 Å². The van der Waals surface area contributed by atoms with Crippen molar-refractivity contribution >= 4 is 49.6 Å². The van der Waals surface area contributed by atoms with Crippen molar-refractivity contribution in [2.75, 3.05) is 0 Å². The minimum Gasteiger partial charge on any atom is -0.227 e. The Hall–Kier alpha value is -5.04. The summed E-state index contributed by atoms with van der Waals surface area (Å²) in [5.74, 6) is 0.687. The van der Waals surface area contributed by atoms with Gasteiger partial charge in [0.2, 0.25) is 0 Å². The van der Waals surface area contributed by atoms with E-state index in [-0.39, 0.29) is 0 Å². The van der Waals surface area contributed by atoms with Gasteiger partial charge in [-0.2, -0.15) is 0 Å². The van der Waals surface area contributed by atoms with Gasteiger partial charge in [0.15, 0.2) is 5.84 Å². The molecule has 0 spiro atoms. The maximum Gasteiger partial charge on any atom is 0.161 e. The summed E-state index contributed by atoms with van der Waals surface area (Å²) in [4.78, 5) is 10.2. The minimum absolute atomic E-state index is 0.687. The molecule has 38 heavy (non-hydrogen) atoms. The number of benzene rings is 6. The van der Waals surface area contributed by atoms with Gasteiger partial charge in [0.1, 0.15) is 5.70 Å². The molecule has 7 rings (SSSR count). The number of aliphatic imine (C=N–C) groups is 2. The molecule has 1 aliphatic rings. The van der Waals surface area contributed by atoms with Crippen LogP contribution in [0.25, 0.3) is 38.0 Å². The molecule has 2 nitrogen and oxygen atoms in total. The predicted molar refractivity (Wildman–Crippen MR) is 161 cm³/mol. The summed E-state index contributed by atoms with van der Waals surface area (Å²) < 4.78 is 0. The Balaban J connectivity index is 1.50. The predicted octanol–water partition coefficient (Wildman–Crippen LogP) is 8.98. The fourth-order valence-corrected chi connectivity index (χ4v) is 5.37. The van der Waals surface area contributed by atoms with Crippen molar-refractivity contribution in [3.05, 3.63) is 155 Å². The van der Waals surface area contributed by atoms with Crippen molar-refractivity contribution in [3.63, 3.8) is 0 Å². The standard InChI is InChI=1S/C36H24N2/c1-24-22-34(25-12-4-2-5-13-25)37-36(26-14-6-3-7-15-26)38-35(24)27-20-21-32-30-18-9-8-16-28(30)29-17-10-11-19-31(29)33(32)23-27/h2-21,23H,1H3. The monoisotopic (exact) mass is 484 g/mol. The molecule has 6 aromatic rings. The average Bonchev–Trinajstić information content (AvgIpc) is 3.17. The van der Waals surface area contributed by atoms with E-state index in [9.17, 15) is 0 Å². The highest BCUT2D eigenvalue weighted by atomic mass is 14.9. The zero-order valence-electron chi connectivity index (χ0n) is 21.0. The van der Waals surface area contributed by atoms with E-state index in [1.54, 1.807) is 0 Å². The molecule has 0 radical (unpaired) electrons. The van der Waals surface area contributed by atoms with Crippen molar-refractivity contribution in [1.82, 2.24) is 0 Å². The highest BCUT2D eigenvalue weighted by Gasteiger charge is 2.16. The van der Waals surface area contributed by atoms with E-state index >= 15 is 0 Å². The molecule has 1 heterocycles. The van der Waals surface area contributed by atoms with Gasteiger partial charge in [0.25, 0.3) is 0 Å². The van der Waals surface area contributed by atoms with Crippen LogP contribution >= 0.6 is 0 Å². The van der Waals surface area contributed by atoms with Gasteiger partial charge in [-0.3, -0.25) is 0 Å². The molecule has 0 saturated carbocycles. The van der Waals surface area contributed by atoms with Crippen LogP contribution in [0.1, 0.15) is 23.6 Å². The normalized spacial score (nSPS) is 13.6. The zero-order chi connectivity index (χ0) is 25.5. The molecule has 0 fully saturated rings. The summed E-state index contributed by atoms with van der Waals surface area (Å²) in [5.41, 5.74) is 9.27. The zero-order valence-corrected chi connectivity index (χ0v) is 21.0. The van der Waals surface area contributed by atoms with Crippen molar-refractivity contribution in [3.8, 4) is 0 Å². The van der Waals surface area contributed by atoms with Crippen LogP contribution in [0, 0.1) is 0 Å². The number of hydrogen-bond acceptors (Lipinski definition) is 2. The molecule has 0 saturated heterocycles. The summed E-state index contributed by atoms with van der Waals surface area (Å²) in [6.45, 7) is 2.08. The van der Waals surface area contributed by atoms with Crippen molar-refractivity contribution in [2.45, 2.75) is 6.92 Å². The van der Waals surface area contributed by atoms with Gasteiger partial charge in [-0.05, 0) is 45.3 Å². The molecule has 0 unspecified atom stereocenters. The van der Waals surface area contributed by atoms with Crippen molar-refractivity contribution in [2.24, 2.45) is 9.98 Å². The summed E-state index contributed by atoms with van der Waals surface area (Å²) >= 11 is 0. The maximum atomic E-state index is 5.17. The van der Waals surface area contributed by atoms with Crippen molar-refractivity contribution in [1.29, 1.82) is 0 Å². The Morgan fingerprint density at radius 2 is 0.947 bits per heavy atom. The third kappa shape index (κ3) is 3.76. The van der Waals surface area contributed by atoms with E-state index in [2.05, 4.69) is 104 Å². The molecule has 0 bridgehead atoms. The van der Waals surface area contributed by atoms with Gasteiger partial charge in [-0.15, -0.1) is 0 Å². The lowest BCUT2D eigenvalue weighted by molar-refractivity contribution is 1.45. The first-order chi connectivity index (χ1) is 18.8. The number of nitrogens with zero attached hydrogens (tertiary/aromatic N) is 2. The SMILES string of the molecule is CC1=C=C(c2ccccc2)N=C(c2ccccc2)N=C1c1ccc2c3ccccc3c3ccccc3c2c1. The van der Waals surface area contributed by atoms with Gasteiger partial charge in [0, 0.05) is 22.3 Å². The molecule has 0 amide bonds. The van der Waals surface area contributed by atoms with Crippen LogP contribution in [0.15, 0.2) is 149 Å². The molecule has 6 aromatic carbocycles. The summed E-state index contributed by atoms with van der Waals surface area (Å²) in [6, 6.07) is 44.4. The number of fused-ring (bicyclic) bond motifs is 6. The Bertz CT molecular complexity index is 1950. The van der Waals surface area contributed by atoms with Crippen LogP contribution < -0.4 is 0 Å². The second-order valence-electron chi connectivity index (χ2n) is 9.58. The summed E-state index contributed by atoms with van der Waals surface area (Å²) in [7, 11) is 0. The lowest BCUT2D eigenvalue weighted by atomic mass is 9.92. The molecule has 178 valence electrons. The lowest BCUT2D eigenvalue weighted by Crippen LogP contribution is -2.07. The van der Waals surface area contributed by atoms with Crippen LogP contribution in [0.2, 0.25) is 0 Å². The van der Waals surface area contributed by atoms with Gasteiger partial charge >= 0.3 is 0 Å². The van der Waals surface area contributed by atoms with Gasteiger partial charge in [-0.1, -0.05) is 127 Å². The lowest BCUT2D eigenvalue weighted by Gasteiger charge is -2.13. The summed E-state index contributed by atoms with van der Waals surface area (Å²) in [5, 5.41) is 7.52. The quantitative estimate of drug-likeness (QED) is 0.177. The Kier molecular flexibility index (Phi) is 5.32. The van der Waals surface area contributed by atoms with Crippen LogP contribution in [0.3, 0.4) is 0 Å². The van der Waals surface area contributed by atoms with E-state index in [1.807, 2.05) is 36.4 Å². The molecule has 0 aromatic heterocycles. The van der Waals surface area contributed by atoms with E-state index in [1.165, 1.54) is 32.3 Å². The number of amidine groups is 1. The van der Waals surface area contributed by atoms with Crippen LogP contribution in [-0.4, -0.2) is 11.5 Å². The Labute approximate surface area is 221 Å². The molecule has 2 heteroatoms. The molecule has 0 aliphatic carbocycles. The fourth-order valence-electron chi connectivity index (χ4n) is 5.37. The fraction of sp³-hybridized carbons (Fsp3) is 0.0278. The van der Waals surface area contributed by atoms with E-state index in [0.717, 1.165) is 33.7 Å². The Morgan fingerprint density at radius 3 is 1.55 bits per heavy atom.